The van der Waals surface area contributed by atoms with Crippen LogP contribution in [0.4, 0.5) is 0 Å². The molecule has 0 radical (unpaired) electrons. The summed E-state index contributed by atoms with van der Waals surface area (Å²) >= 11 is 0. The van der Waals surface area contributed by atoms with E-state index in [4.69, 9.17) is 24.4 Å². The van der Waals surface area contributed by atoms with Gasteiger partial charge in [-0.25, -0.2) is 0 Å². The van der Waals surface area contributed by atoms with Gasteiger partial charge in [0.05, 0.1) is 13.2 Å². The molecule has 13 heteroatoms. The molecule has 7 unspecified atom stereocenters. The fourth-order valence-corrected chi connectivity index (χ4v) is 2.95. The molecule has 0 bridgehead atoms. The molecular weight excluding hydrogens is 376 g/mol. The Kier molecular flexibility index (Phi) is 7.86. The lowest BCUT2D eigenvalue weighted by atomic mass is 9.94. The second-order valence-corrected chi connectivity index (χ2v) is 6.52. The van der Waals surface area contributed by atoms with Crippen LogP contribution in [0.5, 0.6) is 0 Å². The van der Waals surface area contributed by atoms with Crippen molar-refractivity contribution in [3.63, 3.8) is 0 Å². The van der Waals surface area contributed by atoms with Crippen LogP contribution < -0.4 is 0 Å². The smallest absolute Gasteiger partial charge is 0.189 e. The summed E-state index contributed by atoms with van der Waals surface area (Å²) < 4.78 is 15.4. The van der Waals surface area contributed by atoms with E-state index in [2.05, 4.69) is 0 Å². The Hall–Kier alpha value is -0.520. The first-order valence-electron chi connectivity index (χ1n) is 8.26. The zero-order valence-corrected chi connectivity index (χ0v) is 14.0. The zero-order valence-electron chi connectivity index (χ0n) is 14.0. The SMILES string of the molecule is OCC(O)C1OC(OC2O[C@H]([C@H](O)CO)[C@@H](O)[C@H](O)[C@@H]2O)C(O)C(O)C1O. The van der Waals surface area contributed by atoms with Crippen LogP contribution in [0, 0.1) is 0 Å². The van der Waals surface area contributed by atoms with Gasteiger partial charge in [-0.2, -0.15) is 0 Å². The summed E-state index contributed by atoms with van der Waals surface area (Å²) in [7, 11) is 0. The molecule has 0 aromatic rings. The minimum Gasteiger partial charge on any atom is -0.394 e. The summed E-state index contributed by atoms with van der Waals surface area (Å²) in [6.07, 6.45) is -21.0. The third-order valence-electron chi connectivity index (χ3n) is 4.61. The van der Waals surface area contributed by atoms with Crippen molar-refractivity contribution in [1.82, 2.24) is 0 Å². The minimum atomic E-state index is -1.87. The monoisotopic (exact) mass is 402 g/mol. The third kappa shape index (κ3) is 4.56. The summed E-state index contributed by atoms with van der Waals surface area (Å²) in [6.45, 7) is -1.68. The maximum Gasteiger partial charge on any atom is 0.189 e. The maximum atomic E-state index is 9.99. The van der Waals surface area contributed by atoms with Crippen molar-refractivity contribution < 1.29 is 65.3 Å². The molecule has 0 amide bonds. The van der Waals surface area contributed by atoms with Gasteiger partial charge in [-0.1, -0.05) is 0 Å². The van der Waals surface area contributed by atoms with Crippen LogP contribution in [0.15, 0.2) is 0 Å². The second kappa shape index (κ2) is 9.32. The van der Waals surface area contributed by atoms with E-state index in [1.165, 1.54) is 0 Å². The fourth-order valence-electron chi connectivity index (χ4n) is 2.95. The quantitative estimate of drug-likeness (QED) is 0.199. The molecule has 0 aromatic heterocycles. The van der Waals surface area contributed by atoms with E-state index in [-0.39, 0.29) is 0 Å². The number of rotatable bonds is 6. The Labute approximate surface area is 153 Å². The highest BCUT2D eigenvalue weighted by Gasteiger charge is 2.51. The topological polar surface area (TPSA) is 230 Å². The second-order valence-electron chi connectivity index (χ2n) is 6.52. The van der Waals surface area contributed by atoms with Crippen molar-refractivity contribution in [3.05, 3.63) is 0 Å². The summed E-state index contributed by atoms with van der Waals surface area (Å²) in [5.74, 6) is 0. The first-order chi connectivity index (χ1) is 12.6. The average Bonchev–Trinajstić information content (AvgIpc) is 2.67. The lowest BCUT2D eigenvalue weighted by molar-refractivity contribution is -0.383. The Balaban J connectivity index is 2.15. The first-order valence-corrected chi connectivity index (χ1v) is 8.26. The lowest BCUT2D eigenvalue weighted by Crippen LogP contribution is -2.65. The number of hydrogen-bond acceptors (Lipinski definition) is 13. The number of ether oxygens (including phenoxy) is 3. The highest BCUT2D eigenvalue weighted by Crippen LogP contribution is 2.29. The van der Waals surface area contributed by atoms with Crippen molar-refractivity contribution in [2.24, 2.45) is 0 Å². The molecule has 2 fully saturated rings. The molecule has 10 N–H and O–H groups in total. The van der Waals surface area contributed by atoms with Crippen molar-refractivity contribution >= 4 is 0 Å². The normalized spacial score (nSPS) is 48.2. The van der Waals surface area contributed by atoms with Gasteiger partial charge in [0, 0.05) is 0 Å². The molecule has 2 aliphatic rings. The van der Waals surface area contributed by atoms with E-state index in [1.807, 2.05) is 0 Å². The summed E-state index contributed by atoms with van der Waals surface area (Å²) in [5.41, 5.74) is 0. The molecule has 0 spiro atoms. The summed E-state index contributed by atoms with van der Waals surface area (Å²) in [5, 5.41) is 96.7. The molecular formula is C14H26O13. The van der Waals surface area contributed by atoms with E-state index < -0.39 is 86.8 Å². The number of hydrogen-bond donors (Lipinski definition) is 10. The predicted octanol–water partition coefficient (Wildman–Crippen LogP) is -6.68. The van der Waals surface area contributed by atoms with E-state index in [0.29, 0.717) is 0 Å². The molecule has 2 heterocycles. The van der Waals surface area contributed by atoms with Crippen LogP contribution in [0.25, 0.3) is 0 Å². The fraction of sp³-hybridized carbons (Fsp3) is 1.00. The number of aliphatic hydroxyl groups is 10. The van der Waals surface area contributed by atoms with Gasteiger partial charge in [0.1, 0.15) is 61.0 Å². The van der Waals surface area contributed by atoms with E-state index >= 15 is 0 Å². The zero-order chi connectivity index (χ0) is 20.5. The van der Waals surface area contributed by atoms with Gasteiger partial charge in [-0.3, -0.25) is 0 Å². The minimum absolute atomic E-state index is 0.838. The van der Waals surface area contributed by atoms with Crippen LogP contribution in [-0.2, 0) is 14.2 Å². The predicted molar refractivity (Wildman–Crippen MR) is 80.6 cm³/mol. The van der Waals surface area contributed by atoms with Gasteiger partial charge in [0.15, 0.2) is 12.6 Å². The molecule has 2 rings (SSSR count). The Morgan fingerprint density at radius 3 is 1.22 bits per heavy atom. The van der Waals surface area contributed by atoms with Gasteiger partial charge in [-0.05, 0) is 0 Å². The molecule has 13 nitrogen and oxygen atoms in total. The van der Waals surface area contributed by atoms with E-state index in [9.17, 15) is 40.9 Å². The van der Waals surface area contributed by atoms with Gasteiger partial charge >= 0.3 is 0 Å². The van der Waals surface area contributed by atoms with Crippen molar-refractivity contribution in [2.45, 2.75) is 73.6 Å². The summed E-state index contributed by atoms with van der Waals surface area (Å²) in [6, 6.07) is 0. The van der Waals surface area contributed by atoms with E-state index in [1.54, 1.807) is 0 Å². The van der Waals surface area contributed by atoms with Crippen LogP contribution in [-0.4, -0.2) is 138 Å². The Bertz CT molecular complexity index is 426. The van der Waals surface area contributed by atoms with Crippen molar-refractivity contribution in [2.75, 3.05) is 13.2 Å². The van der Waals surface area contributed by atoms with Gasteiger partial charge < -0.3 is 65.3 Å². The average molecular weight is 402 g/mol. The van der Waals surface area contributed by atoms with Crippen LogP contribution in [0.3, 0.4) is 0 Å². The maximum absolute atomic E-state index is 9.99. The van der Waals surface area contributed by atoms with Crippen LogP contribution >= 0.6 is 0 Å². The van der Waals surface area contributed by atoms with E-state index in [0.717, 1.165) is 0 Å². The number of aliphatic hydroxyl groups excluding tert-OH is 10. The molecule has 160 valence electrons. The molecule has 0 aromatic carbocycles. The van der Waals surface area contributed by atoms with Crippen molar-refractivity contribution in [1.29, 1.82) is 0 Å². The van der Waals surface area contributed by atoms with Gasteiger partial charge in [0.25, 0.3) is 0 Å². The largest absolute Gasteiger partial charge is 0.394 e. The molecule has 2 saturated heterocycles. The highest BCUT2D eigenvalue weighted by molar-refractivity contribution is 4.95. The lowest BCUT2D eigenvalue weighted by Gasteiger charge is -2.46. The van der Waals surface area contributed by atoms with Gasteiger partial charge in [-0.15, -0.1) is 0 Å². The standard InChI is InChI=1S/C14H26O13/c15-1-3(17)11-7(21)5(19)9(23)13(25-11)27-14-10(24)6(20)8(22)12(26-14)4(18)2-16/h3-24H,1-2H2/t3-,4?,5+,6?,7+,8?,9+,10?,11-,12?,13?,14?/m1/s1. The molecule has 12 atom stereocenters. The Morgan fingerprint density at radius 1 is 0.593 bits per heavy atom. The Morgan fingerprint density at radius 2 is 0.926 bits per heavy atom. The molecule has 0 aliphatic carbocycles. The van der Waals surface area contributed by atoms with Crippen LogP contribution in [0.2, 0.25) is 0 Å². The third-order valence-corrected chi connectivity index (χ3v) is 4.61. The molecule has 27 heavy (non-hydrogen) atoms. The summed E-state index contributed by atoms with van der Waals surface area (Å²) in [4.78, 5) is 0. The molecule has 0 saturated carbocycles. The molecule has 2 aliphatic heterocycles. The van der Waals surface area contributed by atoms with Crippen molar-refractivity contribution in [3.8, 4) is 0 Å². The van der Waals surface area contributed by atoms with Crippen LogP contribution in [0.1, 0.15) is 0 Å². The van der Waals surface area contributed by atoms with Gasteiger partial charge in [0.2, 0.25) is 0 Å². The first kappa shape index (κ1) is 22.8. The highest BCUT2D eigenvalue weighted by atomic mass is 16.8.